The number of likely N-dealkylation sites (tertiary alicyclic amines) is 2. The minimum atomic E-state index is 0.698. The first-order chi connectivity index (χ1) is 9.29. The molecular weight excluding hydrogens is 234 g/mol. The third kappa shape index (κ3) is 5.05. The molecule has 2 aliphatic heterocycles. The van der Waals surface area contributed by atoms with Crippen molar-refractivity contribution in [1.29, 1.82) is 0 Å². The maximum absolute atomic E-state index is 3.77. The predicted octanol–water partition coefficient (Wildman–Crippen LogP) is 2.18. The van der Waals surface area contributed by atoms with Crippen molar-refractivity contribution >= 4 is 0 Å². The Morgan fingerprint density at radius 2 is 1.68 bits per heavy atom. The fourth-order valence-corrected chi connectivity index (χ4v) is 3.57. The van der Waals surface area contributed by atoms with Crippen molar-refractivity contribution in [3.8, 4) is 0 Å². The van der Waals surface area contributed by atoms with Gasteiger partial charge < -0.3 is 15.1 Å². The highest BCUT2D eigenvalue weighted by Crippen LogP contribution is 2.20. The lowest BCUT2D eigenvalue weighted by molar-refractivity contribution is 0.164. The van der Waals surface area contributed by atoms with Crippen molar-refractivity contribution < 1.29 is 0 Å². The van der Waals surface area contributed by atoms with Gasteiger partial charge in [-0.05, 0) is 71.2 Å². The van der Waals surface area contributed by atoms with Gasteiger partial charge in [0.2, 0.25) is 0 Å². The van der Waals surface area contributed by atoms with Gasteiger partial charge in [0.15, 0.2) is 0 Å². The molecule has 0 aliphatic carbocycles. The summed E-state index contributed by atoms with van der Waals surface area (Å²) in [6.07, 6.45) is 7.02. The molecule has 19 heavy (non-hydrogen) atoms. The monoisotopic (exact) mass is 267 g/mol. The summed E-state index contributed by atoms with van der Waals surface area (Å²) in [5, 5.41) is 3.77. The van der Waals surface area contributed by atoms with Gasteiger partial charge >= 0.3 is 0 Å². The summed E-state index contributed by atoms with van der Waals surface area (Å²) >= 11 is 0. The fourth-order valence-electron chi connectivity index (χ4n) is 3.57. The largest absolute Gasteiger partial charge is 0.313 e. The molecule has 3 heteroatoms. The number of nitrogens with one attached hydrogen (secondary N) is 1. The van der Waals surface area contributed by atoms with Crippen LogP contribution in [0, 0.1) is 5.92 Å². The minimum absolute atomic E-state index is 0.698. The molecule has 0 aromatic carbocycles. The van der Waals surface area contributed by atoms with Gasteiger partial charge in [-0.25, -0.2) is 0 Å². The van der Waals surface area contributed by atoms with Crippen LogP contribution in [0.5, 0.6) is 0 Å². The van der Waals surface area contributed by atoms with Gasteiger partial charge in [0.05, 0.1) is 0 Å². The van der Waals surface area contributed by atoms with Crippen LogP contribution in [0.4, 0.5) is 0 Å². The maximum atomic E-state index is 3.77. The van der Waals surface area contributed by atoms with Crippen LogP contribution in [0.15, 0.2) is 0 Å². The molecule has 1 atom stereocenters. The summed E-state index contributed by atoms with van der Waals surface area (Å²) in [4.78, 5) is 5.21. The van der Waals surface area contributed by atoms with Crippen LogP contribution in [-0.4, -0.2) is 61.7 Å². The summed E-state index contributed by atoms with van der Waals surface area (Å²) in [5.74, 6) is 0.893. The van der Waals surface area contributed by atoms with E-state index in [0.717, 1.165) is 5.92 Å². The van der Waals surface area contributed by atoms with Crippen LogP contribution >= 0.6 is 0 Å². The van der Waals surface area contributed by atoms with E-state index in [9.17, 15) is 0 Å². The van der Waals surface area contributed by atoms with Gasteiger partial charge in [0.1, 0.15) is 0 Å². The molecule has 0 aromatic heterocycles. The molecule has 0 spiro atoms. The Balaban J connectivity index is 1.57. The average Bonchev–Trinajstić information content (AvgIpc) is 2.48. The zero-order chi connectivity index (χ0) is 13.5. The lowest BCUT2D eigenvalue weighted by atomic mass is 9.90. The normalized spacial score (nSPS) is 25.6. The van der Waals surface area contributed by atoms with Crippen molar-refractivity contribution in [2.45, 2.75) is 52.0 Å². The molecule has 2 fully saturated rings. The van der Waals surface area contributed by atoms with Crippen LogP contribution in [0.1, 0.15) is 46.0 Å². The van der Waals surface area contributed by atoms with E-state index in [1.165, 1.54) is 77.9 Å². The molecule has 2 aliphatic rings. The van der Waals surface area contributed by atoms with E-state index in [0.29, 0.717) is 6.04 Å². The van der Waals surface area contributed by atoms with Crippen LogP contribution < -0.4 is 5.32 Å². The maximum Gasteiger partial charge on any atom is 0.0107 e. The molecule has 0 amide bonds. The van der Waals surface area contributed by atoms with Crippen molar-refractivity contribution in [3.05, 3.63) is 0 Å². The molecule has 0 saturated carbocycles. The average molecular weight is 267 g/mol. The lowest BCUT2D eigenvalue weighted by Crippen LogP contribution is -2.44. The van der Waals surface area contributed by atoms with Crippen molar-refractivity contribution in [3.63, 3.8) is 0 Å². The van der Waals surface area contributed by atoms with Gasteiger partial charge in [-0.3, -0.25) is 0 Å². The second-order valence-corrected chi connectivity index (χ2v) is 6.42. The third-order valence-electron chi connectivity index (χ3n) is 5.13. The van der Waals surface area contributed by atoms with E-state index in [4.69, 9.17) is 0 Å². The number of rotatable bonds is 6. The SMILES string of the molecule is CCN1CCC(C(C)NCCN2CCCCC2)CC1. The number of nitrogens with zero attached hydrogens (tertiary/aromatic N) is 2. The fraction of sp³-hybridized carbons (Fsp3) is 1.00. The topological polar surface area (TPSA) is 18.5 Å². The van der Waals surface area contributed by atoms with Crippen molar-refractivity contribution in [2.24, 2.45) is 5.92 Å². The Hall–Kier alpha value is -0.120. The van der Waals surface area contributed by atoms with Gasteiger partial charge in [0.25, 0.3) is 0 Å². The second kappa shape index (κ2) is 8.23. The minimum Gasteiger partial charge on any atom is -0.313 e. The molecule has 112 valence electrons. The quantitative estimate of drug-likeness (QED) is 0.796. The Kier molecular flexibility index (Phi) is 6.62. The summed E-state index contributed by atoms with van der Waals surface area (Å²) in [7, 11) is 0. The number of hydrogen-bond acceptors (Lipinski definition) is 3. The van der Waals surface area contributed by atoms with Gasteiger partial charge in [-0.1, -0.05) is 13.3 Å². The zero-order valence-corrected chi connectivity index (χ0v) is 13.0. The zero-order valence-electron chi connectivity index (χ0n) is 13.0. The van der Waals surface area contributed by atoms with Gasteiger partial charge in [0, 0.05) is 19.1 Å². The van der Waals surface area contributed by atoms with E-state index in [2.05, 4.69) is 29.0 Å². The standard InChI is InChI=1S/C16H33N3/c1-3-18-12-7-16(8-13-18)15(2)17-9-14-19-10-5-4-6-11-19/h15-17H,3-14H2,1-2H3. The third-order valence-corrected chi connectivity index (χ3v) is 5.13. The van der Waals surface area contributed by atoms with Gasteiger partial charge in [-0.2, -0.15) is 0 Å². The Morgan fingerprint density at radius 1 is 1.00 bits per heavy atom. The van der Waals surface area contributed by atoms with Crippen molar-refractivity contribution in [1.82, 2.24) is 15.1 Å². The molecule has 0 aromatic rings. The lowest BCUT2D eigenvalue weighted by Gasteiger charge is -2.35. The first kappa shape index (κ1) is 15.3. The van der Waals surface area contributed by atoms with Crippen molar-refractivity contribution in [2.75, 3.05) is 45.8 Å². The van der Waals surface area contributed by atoms with E-state index in [1.54, 1.807) is 0 Å². The number of hydrogen-bond donors (Lipinski definition) is 1. The van der Waals surface area contributed by atoms with Crippen LogP contribution in [0.2, 0.25) is 0 Å². The van der Waals surface area contributed by atoms with Crippen LogP contribution in [0.25, 0.3) is 0 Å². The number of piperidine rings is 2. The summed E-state index contributed by atoms with van der Waals surface area (Å²) in [6, 6.07) is 0.698. The first-order valence-electron chi connectivity index (χ1n) is 8.47. The highest BCUT2D eigenvalue weighted by atomic mass is 15.1. The molecule has 0 bridgehead atoms. The highest BCUT2D eigenvalue weighted by Gasteiger charge is 2.22. The molecule has 1 N–H and O–H groups in total. The molecule has 0 radical (unpaired) electrons. The molecule has 2 saturated heterocycles. The van der Waals surface area contributed by atoms with E-state index >= 15 is 0 Å². The van der Waals surface area contributed by atoms with E-state index < -0.39 is 0 Å². The molecule has 1 unspecified atom stereocenters. The van der Waals surface area contributed by atoms with Crippen LogP contribution in [0.3, 0.4) is 0 Å². The predicted molar refractivity (Wildman–Crippen MR) is 82.6 cm³/mol. The Labute approximate surface area is 119 Å². The summed E-state index contributed by atoms with van der Waals surface area (Å²) in [6.45, 7) is 13.6. The Bertz CT molecular complexity index is 230. The van der Waals surface area contributed by atoms with Crippen LogP contribution in [-0.2, 0) is 0 Å². The van der Waals surface area contributed by atoms with E-state index in [-0.39, 0.29) is 0 Å². The molecular formula is C16H33N3. The highest BCUT2D eigenvalue weighted by molar-refractivity contribution is 4.79. The Morgan fingerprint density at radius 3 is 2.32 bits per heavy atom. The molecule has 3 nitrogen and oxygen atoms in total. The second-order valence-electron chi connectivity index (χ2n) is 6.42. The van der Waals surface area contributed by atoms with E-state index in [1.807, 2.05) is 0 Å². The smallest absolute Gasteiger partial charge is 0.0107 e. The first-order valence-corrected chi connectivity index (χ1v) is 8.47. The van der Waals surface area contributed by atoms with Gasteiger partial charge in [-0.15, -0.1) is 0 Å². The molecule has 2 rings (SSSR count). The molecule has 2 heterocycles. The summed E-state index contributed by atoms with van der Waals surface area (Å²) < 4.78 is 0. The summed E-state index contributed by atoms with van der Waals surface area (Å²) in [5.41, 5.74) is 0.